The number of nitrogens with one attached hydrogen (secondary N) is 1. The van der Waals surface area contributed by atoms with Crippen molar-refractivity contribution >= 4 is 27.5 Å². The number of hydrogen-bond donors (Lipinski definition) is 1. The van der Waals surface area contributed by atoms with E-state index in [1.54, 1.807) is 18.2 Å². The lowest BCUT2D eigenvalue weighted by Crippen LogP contribution is -2.45. The lowest BCUT2D eigenvalue weighted by atomic mass is 9.99. The molecule has 0 saturated carbocycles. The molecule has 3 rings (SSSR count). The Kier molecular flexibility index (Phi) is 7.10. The van der Waals surface area contributed by atoms with Crippen LogP contribution in [0.5, 0.6) is 0 Å². The predicted octanol–water partition coefficient (Wildman–Crippen LogP) is 3.49. The zero-order chi connectivity index (χ0) is 20.0. The van der Waals surface area contributed by atoms with Gasteiger partial charge in [-0.2, -0.15) is 4.31 Å². The molecule has 0 radical (unpaired) electrons. The van der Waals surface area contributed by atoms with E-state index in [4.69, 9.17) is 11.6 Å². The Balaban J connectivity index is 1.54. The maximum absolute atomic E-state index is 12.9. The number of carbonyl (C=O) groups excluding carboxylic acids is 1. The van der Waals surface area contributed by atoms with Crippen LogP contribution < -0.4 is 5.32 Å². The van der Waals surface area contributed by atoms with Gasteiger partial charge in [0, 0.05) is 19.6 Å². The van der Waals surface area contributed by atoms with Gasteiger partial charge in [0.2, 0.25) is 15.9 Å². The van der Waals surface area contributed by atoms with Gasteiger partial charge in [0.25, 0.3) is 0 Å². The summed E-state index contributed by atoms with van der Waals surface area (Å²) in [6, 6.07) is 16.6. The zero-order valence-corrected chi connectivity index (χ0v) is 17.3. The lowest BCUT2D eigenvalue weighted by molar-refractivity contribution is -0.126. The SMILES string of the molecule is O=C(NCCCc1ccccc1)[C@H]1CCCN(S(=O)(=O)c2ccccc2Cl)C1. The van der Waals surface area contributed by atoms with Gasteiger partial charge in [-0.1, -0.05) is 54.1 Å². The number of halogens is 1. The van der Waals surface area contributed by atoms with E-state index in [-0.39, 0.29) is 28.3 Å². The monoisotopic (exact) mass is 420 g/mol. The fourth-order valence-electron chi connectivity index (χ4n) is 3.46. The maximum Gasteiger partial charge on any atom is 0.244 e. The van der Waals surface area contributed by atoms with Crippen LogP contribution in [0.2, 0.25) is 5.02 Å². The Labute approximate surface area is 171 Å². The molecule has 1 aliphatic heterocycles. The van der Waals surface area contributed by atoms with Gasteiger partial charge < -0.3 is 5.32 Å². The van der Waals surface area contributed by atoms with Crippen LogP contribution in [0.3, 0.4) is 0 Å². The topological polar surface area (TPSA) is 66.5 Å². The largest absolute Gasteiger partial charge is 0.356 e. The van der Waals surface area contributed by atoms with Crippen LogP contribution >= 0.6 is 11.6 Å². The van der Waals surface area contributed by atoms with Crippen LogP contribution in [0.15, 0.2) is 59.5 Å². The van der Waals surface area contributed by atoms with Gasteiger partial charge in [-0.15, -0.1) is 0 Å². The molecule has 0 aliphatic carbocycles. The average molecular weight is 421 g/mol. The molecule has 1 amide bonds. The summed E-state index contributed by atoms with van der Waals surface area (Å²) in [5, 5.41) is 3.16. The molecule has 1 heterocycles. The molecular weight excluding hydrogens is 396 g/mol. The Morgan fingerprint density at radius 2 is 1.82 bits per heavy atom. The van der Waals surface area contributed by atoms with E-state index in [2.05, 4.69) is 17.4 Å². The van der Waals surface area contributed by atoms with E-state index in [0.717, 1.165) is 12.8 Å². The molecule has 0 spiro atoms. The van der Waals surface area contributed by atoms with Gasteiger partial charge in [-0.25, -0.2) is 8.42 Å². The van der Waals surface area contributed by atoms with Gasteiger partial charge in [-0.3, -0.25) is 4.79 Å². The number of sulfonamides is 1. The van der Waals surface area contributed by atoms with Crippen LogP contribution in [0.1, 0.15) is 24.8 Å². The molecule has 0 aromatic heterocycles. The number of amides is 1. The second-order valence-corrected chi connectivity index (χ2v) is 9.33. The van der Waals surface area contributed by atoms with Gasteiger partial charge in [0.1, 0.15) is 4.90 Å². The van der Waals surface area contributed by atoms with Gasteiger partial charge in [-0.05, 0) is 43.4 Å². The van der Waals surface area contributed by atoms with Crippen LogP contribution in [-0.2, 0) is 21.2 Å². The first-order chi connectivity index (χ1) is 13.5. The summed E-state index contributed by atoms with van der Waals surface area (Å²) in [6.07, 6.45) is 3.10. The standard InChI is InChI=1S/C21H25ClN2O3S/c22-19-12-4-5-13-20(19)28(26,27)24-15-7-11-18(16-24)21(25)23-14-6-10-17-8-2-1-3-9-17/h1-5,8-9,12-13,18H,6-7,10-11,14-16H2,(H,23,25)/t18-/m0/s1. The summed E-state index contributed by atoms with van der Waals surface area (Å²) in [5.74, 6) is -0.408. The van der Waals surface area contributed by atoms with E-state index in [1.165, 1.54) is 15.9 Å². The Bertz CT molecular complexity index is 903. The molecule has 1 saturated heterocycles. The minimum Gasteiger partial charge on any atom is -0.356 e. The first-order valence-electron chi connectivity index (χ1n) is 9.55. The third kappa shape index (κ3) is 5.13. The van der Waals surface area contributed by atoms with Crippen molar-refractivity contribution in [2.45, 2.75) is 30.6 Å². The van der Waals surface area contributed by atoms with Crippen molar-refractivity contribution in [2.75, 3.05) is 19.6 Å². The average Bonchev–Trinajstić information content (AvgIpc) is 2.72. The summed E-state index contributed by atoms with van der Waals surface area (Å²) < 4.78 is 27.2. The molecule has 1 N–H and O–H groups in total. The van der Waals surface area contributed by atoms with Crippen molar-refractivity contribution in [2.24, 2.45) is 5.92 Å². The fraction of sp³-hybridized carbons (Fsp3) is 0.381. The van der Waals surface area contributed by atoms with Crippen LogP contribution in [0, 0.1) is 5.92 Å². The molecule has 0 unspecified atom stereocenters. The minimum absolute atomic E-state index is 0.0767. The number of rotatable bonds is 7. The van der Waals surface area contributed by atoms with E-state index >= 15 is 0 Å². The van der Waals surface area contributed by atoms with Crippen molar-refractivity contribution < 1.29 is 13.2 Å². The van der Waals surface area contributed by atoms with E-state index in [0.29, 0.717) is 25.9 Å². The number of carbonyl (C=O) groups is 1. The molecule has 2 aromatic rings. The summed E-state index contributed by atoms with van der Waals surface area (Å²) in [7, 11) is -3.70. The van der Waals surface area contributed by atoms with Crippen LogP contribution in [0.4, 0.5) is 0 Å². The first kappa shape index (κ1) is 20.8. The smallest absolute Gasteiger partial charge is 0.244 e. The molecule has 5 nitrogen and oxygen atoms in total. The number of nitrogens with zero attached hydrogens (tertiary/aromatic N) is 1. The third-order valence-corrected chi connectivity index (χ3v) is 7.36. The van der Waals surface area contributed by atoms with E-state index < -0.39 is 10.0 Å². The number of aryl methyl sites for hydroxylation is 1. The molecule has 1 atom stereocenters. The van der Waals surface area contributed by atoms with Crippen molar-refractivity contribution in [1.82, 2.24) is 9.62 Å². The molecule has 7 heteroatoms. The maximum atomic E-state index is 12.9. The van der Waals surface area contributed by atoms with Crippen LogP contribution in [-0.4, -0.2) is 38.3 Å². The Hall–Kier alpha value is -1.89. The Morgan fingerprint density at radius 1 is 1.11 bits per heavy atom. The summed E-state index contributed by atoms with van der Waals surface area (Å²) >= 11 is 6.08. The molecule has 1 fully saturated rings. The third-order valence-electron chi connectivity index (χ3n) is 4.99. The number of benzene rings is 2. The minimum atomic E-state index is -3.70. The van der Waals surface area contributed by atoms with Crippen molar-refractivity contribution in [3.8, 4) is 0 Å². The van der Waals surface area contributed by atoms with Gasteiger partial charge in [0.15, 0.2) is 0 Å². The van der Waals surface area contributed by atoms with Crippen molar-refractivity contribution in [1.29, 1.82) is 0 Å². The van der Waals surface area contributed by atoms with E-state index in [9.17, 15) is 13.2 Å². The fourth-order valence-corrected chi connectivity index (χ4v) is 5.48. The number of piperidine rings is 1. The second-order valence-electron chi connectivity index (χ2n) is 7.01. The number of hydrogen-bond acceptors (Lipinski definition) is 3. The summed E-state index contributed by atoms with van der Waals surface area (Å²) in [4.78, 5) is 12.6. The molecular formula is C21H25ClN2O3S. The molecule has 2 aromatic carbocycles. The highest BCUT2D eigenvalue weighted by Crippen LogP contribution is 2.28. The quantitative estimate of drug-likeness (QED) is 0.697. The normalized spacial score (nSPS) is 18.0. The van der Waals surface area contributed by atoms with Gasteiger partial charge in [0.05, 0.1) is 10.9 Å². The van der Waals surface area contributed by atoms with Gasteiger partial charge >= 0.3 is 0 Å². The molecule has 28 heavy (non-hydrogen) atoms. The van der Waals surface area contributed by atoms with E-state index in [1.807, 2.05) is 18.2 Å². The highest BCUT2D eigenvalue weighted by molar-refractivity contribution is 7.89. The van der Waals surface area contributed by atoms with Crippen LogP contribution in [0.25, 0.3) is 0 Å². The molecule has 150 valence electrons. The highest BCUT2D eigenvalue weighted by Gasteiger charge is 2.34. The lowest BCUT2D eigenvalue weighted by Gasteiger charge is -2.31. The highest BCUT2D eigenvalue weighted by atomic mass is 35.5. The summed E-state index contributed by atoms with van der Waals surface area (Å²) in [6.45, 7) is 1.19. The Morgan fingerprint density at radius 3 is 2.57 bits per heavy atom. The first-order valence-corrected chi connectivity index (χ1v) is 11.4. The molecule has 0 bridgehead atoms. The van der Waals surface area contributed by atoms with Crippen molar-refractivity contribution in [3.05, 3.63) is 65.2 Å². The van der Waals surface area contributed by atoms with Crippen molar-refractivity contribution in [3.63, 3.8) is 0 Å². The summed E-state index contributed by atoms with van der Waals surface area (Å²) in [5.41, 5.74) is 1.24. The molecule has 1 aliphatic rings. The predicted molar refractivity (Wildman–Crippen MR) is 111 cm³/mol. The second kappa shape index (κ2) is 9.54. The zero-order valence-electron chi connectivity index (χ0n) is 15.7.